The molecule has 1 aromatic carbocycles. The summed E-state index contributed by atoms with van der Waals surface area (Å²) >= 11 is 0. The van der Waals surface area contributed by atoms with E-state index in [1.807, 2.05) is 47.3 Å². The Morgan fingerprint density at radius 3 is 2.80 bits per heavy atom. The number of para-hydroxylation sites is 1. The Hall–Kier alpha value is -1.65. The molecule has 108 valence electrons. The summed E-state index contributed by atoms with van der Waals surface area (Å²) < 4.78 is 7.40. The lowest BCUT2D eigenvalue weighted by atomic mass is 10.3. The SMILES string of the molecule is CCCCOCCNCc1ccn(-c2ccccc2)n1. The molecule has 0 saturated carbocycles. The van der Waals surface area contributed by atoms with E-state index in [0.717, 1.165) is 44.1 Å². The van der Waals surface area contributed by atoms with E-state index < -0.39 is 0 Å². The normalized spacial score (nSPS) is 10.8. The lowest BCUT2D eigenvalue weighted by Gasteiger charge is -2.04. The lowest BCUT2D eigenvalue weighted by Crippen LogP contribution is -2.19. The van der Waals surface area contributed by atoms with Crippen LogP contribution in [0.15, 0.2) is 42.6 Å². The fraction of sp³-hybridized carbons (Fsp3) is 0.438. The van der Waals surface area contributed by atoms with Crippen LogP contribution in [0.2, 0.25) is 0 Å². The minimum Gasteiger partial charge on any atom is -0.380 e. The summed E-state index contributed by atoms with van der Waals surface area (Å²) in [4.78, 5) is 0. The van der Waals surface area contributed by atoms with Crippen molar-refractivity contribution in [3.05, 3.63) is 48.3 Å². The summed E-state index contributed by atoms with van der Waals surface area (Å²) in [6, 6.07) is 12.2. The summed E-state index contributed by atoms with van der Waals surface area (Å²) in [6.07, 6.45) is 4.32. The van der Waals surface area contributed by atoms with Crippen LogP contribution in [0.3, 0.4) is 0 Å². The van der Waals surface area contributed by atoms with Crippen LogP contribution < -0.4 is 5.32 Å². The molecule has 2 rings (SSSR count). The van der Waals surface area contributed by atoms with Crippen molar-refractivity contribution in [3.8, 4) is 5.69 Å². The van der Waals surface area contributed by atoms with Gasteiger partial charge in [-0.1, -0.05) is 31.5 Å². The number of hydrogen-bond donors (Lipinski definition) is 1. The fourth-order valence-electron chi connectivity index (χ4n) is 1.89. The molecule has 0 radical (unpaired) electrons. The Kier molecular flexibility index (Phi) is 6.27. The van der Waals surface area contributed by atoms with E-state index in [-0.39, 0.29) is 0 Å². The first-order valence-electron chi connectivity index (χ1n) is 7.28. The predicted molar refractivity (Wildman–Crippen MR) is 81.0 cm³/mol. The van der Waals surface area contributed by atoms with Crippen LogP contribution in [0.1, 0.15) is 25.5 Å². The van der Waals surface area contributed by atoms with Crippen molar-refractivity contribution in [2.45, 2.75) is 26.3 Å². The Labute approximate surface area is 120 Å². The second kappa shape index (κ2) is 8.51. The number of hydrogen-bond acceptors (Lipinski definition) is 3. The maximum Gasteiger partial charge on any atom is 0.0766 e. The molecule has 0 saturated heterocycles. The van der Waals surface area contributed by atoms with E-state index in [9.17, 15) is 0 Å². The molecule has 0 bridgehead atoms. The summed E-state index contributed by atoms with van der Waals surface area (Å²) in [5.41, 5.74) is 2.13. The van der Waals surface area contributed by atoms with Crippen molar-refractivity contribution >= 4 is 0 Å². The zero-order chi connectivity index (χ0) is 14.0. The minimum atomic E-state index is 0.763. The van der Waals surface area contributed by atoms with Crippen molar-refractivity contribution in [2.24, 2.45) is 0 Å². The molecule has 0 aliphatic carbocycles. The van der Waals surface area contributed by atoms with Gasteiger partial charge in [0.2, 0.25) is 0 Å². The average molecular weight is 273 g/mol. The van der Waals surface area contributed by atoms with E-state index in [1.54, 1.807) is 0 Å². The number of unbranched alkanes of at least 4 members (excludes halogenated alkanes) is 1. The Balaban J connectivity index is 1.69. The highest BCUT2D eigenvalue weighted by Crippen LogP contribution is 2.06. The monoisotopic (exact) mass is 273 g/mol. The second-order valence-electron chi connectivity index (χ2n) is 4.73. The Bertz CT molecular complexity index is 481. The highest BCUT2D eigenvalue weighted by molar-refractivity contribution is 5.30. The van der Waals surface area contributed by atoms with Crippen molar-refractivity contribution in [1.82, 2.24) is 15.1 Å². The van der Waals surface area contributed by atoms with Gasteiger partial charge in [-0.15, -0.1) is 0 Å². The first-order valence-corrected chi connectivity index (χ1v) is 7.28. The summed E-state index contributed by atoms with van der Waals surface area (Å²) in [5.74, 6) is 0. The number of ether oxygens (including phenoxy) is 1. The van der Waals surface area contributed by atoms with Gasteiger partial charge in [-0.2, -0.15) is 5.10 Å². The Morgan fingerprint density at radius 2 is 2.00 bits per heavy atom. The van der Waals surface area contributed by atoms with Crippen LogP contribution in [-0.4, -0.2) is 29.5 Å². The number of rotatable bonds is 9. The molecule has 0 unspecified atom stereocenters. The lowest BCUT2D eigenvalue weighted by molar-refractivity contribution is 0.133. The Morgan fingerprint density at radius 1 is 1.15 bits per heavy atom. The number of aromatic nitrogens is 2. The average Bonchev–Trinajstić information content (AvgIpc) is 2.96. The molecule has 0 spiro atoms. The number of nitrogens with zero attached hydrogens (tertiary/aromatic N) is 2. The molecule has 4 nitrogen and oxygen atoms in total. The summed E-state index contributed by atoms with van der Waals surface area (Å²) in [6.45, 7) is 5.43. The van der Waals surface area contributed by atoms with Gasteiger partial charge in [0.1, 0.15) is 0 Å². The van der Waals surface area contributed by atoms with E-state index in [4.69, 9.17) is 4.74 Å². The quantitative estimate of drug-likeness (QED) is 0.714. The standard InChI is InChI=1S/C16H23N3O/c1-2-3-12-20-13-10-17-14-15-9-11-19(18-15)16-7-5-4-6-8-16/h4-9,11,17H,2-3,10,12-14H2,1H3. The summed E-state index contributed by atoms with van der Waals surface area (Å²) in [7, 11) is 0. The zero-order valence-electron chi connectivity index (χ0n) is 12.1. The van der Waals surface area contributed by atoms with Crippen molar-refractivity contribution in [2.75, 3.05) is 19.8 Å². The second-order valence-corrected chi connectivity index (χ2v) is 4.73. The summed E-state index contributed by atoms with van der Waals surface area (Å²) in [5, 5.41) is 7.88. The number of benzene rings is 1. The molecule has 0 fully saturated rings. The first kappa shape index (κ1) is 14.8. The third-order valence-electron chi connectivity index (χ3n) is 3.04. The van der Waals surface area contributed by atoms with Gasteiger partial charge in [0.05, 0.1) is 18.0 Å². The van der Waals surface area contributed by atoms with Gasteiger partial charge in [0, 0.05) is 25.9 Å². The predicted octanol–water partition coefficient (Wildman–Crippen LogP) is 2.78. The zero-order valence-corrected chi connectivity index (χ0v) is 12.1. The van der Waals surface area contributed by atoms with E-state index in [1.165, 1.54) is 6.42 Å². The van der Waals surface area contributed by atoms with Crippen LogP contribution >= 0.6 is 0 Å². The topological polar surface area (TPSA) is 39.1 Å². The minimum absolute atomic E-state index is 0.763. The molecule has 0 aliphatic rings. The highest BCUT2D eigenvalue weighted by Gasteiger charge is 2.00. The van der Waals surface area contributed by atoms with E-state index in [0.29, 0.717) is 0 Å². The number of nitrogens with one attached hydrogen (secondary N) is 1. The molecule has 1 N–H and O–H groups in total. The van der Waals surface area contributed by atoms with Crippen LogP contribution in [0.5, 0.6) is 0 Å². The van der Waals surface area contributed by atoms with Crippen molar-refractivity contribution in [3.63, 3.8) is 0 Å². The molecule has 4 heteroatoms. The van der Waals surface area contributed by atoms with Gasteiger partial charge < -0.3 is 10.1 Å². The molecular weight excluding hydrogens is 250 g/mol. The fourth-order valence-corrected chi connectivity index (χ4v) is 1.89. The van der Waals surface area contributed by atoms with Crippen LogP contribution in [0.4, 0.5) is 0 Å². The molecule has 0 amide bonds. The van der Waals surface area contributed by atoms with Gasteiger partial charge in [-0.25, -0.2) is 4.68 Å². The smallest absolute Gasteiger partial charge is 0.0766 e. The molecule has 0 atom stereocenters. The third kappa shape index (κ3) is 4.79. The molecule has 20 heavy (non-hydrogen) atoms. The molecule has 2 aromatic rings. The van der Waals surface area contributed by atoms with Gasteiger partial charge in [-0.3, -0.25) is 0 Å². The highest BCUT2D eigenvalue weighted by atomic mass is 16.5. The van der Waals surface area contributed by atoms with E-state index >= 15 is 0 Å². The molecular formula is C16H23N3O. The van der Waals surface area contributed by atoms with Crippen LogP contribution in [-0.2, 0) is 11.3 Å². The first-order chi connectivity index (χ1) is 9.90. The van der Waals surface area contributed by atoms with Crippen molar-refractivity contribution < 1.29 is 4.74 Å². The molecule has 0 aliphatic heterocycles. The van der Waals surface area contributed by atoms with Gasteiger partial charge in [0.15, 0.2) is 0 Å². The molecule has 1 heterocycles. The molecule has 1 aromatic heterocycles. The van der Waals surface area contributed by atoms with Crippen molar-refractivity contribution in [1.29, 1.82) is 0 Å². The largest absolute Gasteiger partial charge is 0.380 e. The van der Waals surface area contributed by atoms with Gasteiger partial charge >= 0.3 is 0 Å². The third-order valence-corrected chi connectivity index (χ3v) is 3.04. The van der Waals surface area contributed by atoms with Gasteiger partial charge in [0.25, 0.3) is 0 Å². The van der Waals surface area contributed by atoms with E-state index in [2.05, 4.69) is 17.3 Å². The maximum absolute atomic E-state index is 5.50. The van der Waals surface area contributed by atoms with Crippen LogP contribution in [0, 0.1) is 0 Å². The van der Waals surface area contributed by atoms with Crippen LogP contribution in [0.25, 0.3) is 5.69 Å². The maximum atomic E-state index is 5.50. The van der Waals surface area contributed by atoms with Gasteiger partial charge in [-0.05, 0) is 24.6 Å².